The van der Waals surface area contributed by atoms with Crippen LogP contribution in [0.25, 0.3) is 0 Å². The molecule has 1 aliphatic rings. The average Bonchev–Trinajstić information content (AvgIpc) is 2.67. The first-order chi connectivity index (χ1) is 13.9. The van der Waals surface area contributed by atoms with Gasteiger partial charge in [-0.05, 0) is 29.3 Å². The summed E-state index contributed by atoms with van der Waals surface area (Å²) in [5.74, 6) is -2.89. The summed E-state index contributed by atoms with van der Waals surface area (Å²) in [5, 5.41) is 3.46. The Morgan fingerprint density at radius 3 is 2.76 bits per heavy atom. The molecule has 1 unspecified atom stereocenters. The summed E-state index contributed by atoms with van der Waals surface area (Å²) < 4.78 is 28.0. The van der Waals surface area contributed by atoms with E-state index in [2.05, 4.69) is 15.3 Å². The Labute approximate surface area is 173 Å². The molecule has 2 heterocycles. The minimum absolute atomic E-state index is 0.0484. The van der Waals surface area contributed by atoms with Crippen LogP contribution in [-0.2, 0) is 10.5 Å². The molecule has 1 atom stereocenters. The molecule has 2 N–H and O–H groups in total. The fourth-order valence-electron chi connectivity index (χ4n) is 3.25. The number of carbonyl (C=O) groups is 1. The van der Waals surface area contributed by atoms with Gasteiger partial charge in [-0.25, -0.2) is 13.8 Å². The van der Waals surface area contributed by atoms with E-state index in [-0.39, 0.29) is 23.4 Å². The summed E-state index contributed by atoms with van der Waals surface area (Å²) in [7, 11) is 0. The van der Waals surface area contributed by atoms with Crippen LogP contribution in [0.2, 0.25) is 5.02 Å². The minimum atomic E-state index is -1.07. The van der Waals surface area contributed by atoms with Gasteiger partial charge in [0.25, 0.3) is 5.56 Å². The highest BCUT2D eigenvalue weighted by atomic mass is 35.5. The van der Waals surface area contributed by atoms with Gasteiger partial charge in [-0.15, -0.1) is 0 Å². The van der Waals surface area contributed by atoms with Gasteiger partial charge in [0.05, 0.1) is 5.56 Å². The molecule has 0 fully saturated rings. The van der Waals surface area contributed by atoms with Crippen molar-refractivity contribution in [1.29, 1.82) is 0 Å². The summed E-state index contributed by atoms with van der Waals surface area (Å²) in [6.45, 7) is 0. The number of nitrogens with zero attached hydrogens (tertiary/aromatic N) is 1. The molecule has 3 aromatic rings. The lowest BCUT2D eigenvalue weighted by Crippen LogP contribution is -2.31. The summed E-state index contributed by atoms with van der Waals surface area (Å²) >= 11 is 7.24. The molecule has 0 aliphatic carbocycles. The molecule has 1 aromatic heterocycles. The van der Waals surface area contributed by atoms with Gasteiger partial charge >= 0.3 is 0 Å². The summed E-state index contributed by atoms with van der Waals surface area (Å²) in [5.41, 5.74) is 0.498. The van der Waals surface area contributed by atoms with Crippen LogP contribution in [0, 0.1) is 11.6 Å². The van der Waals surface area contributed by atoms with Gasteiger partial charge in [-0.1, -0.05) is 47.6 Å². The molecule has 0 saturated carbocycles. The molecule has 1 amide bonds. The molecular formula is C20H14ClF2N3O2S. The predicted octanol–water partition coefficient (Wildman–Crippen LogP) is 4.47. The van der Waals surface area contributed by atoms with Crippen molar-refractivity contribution in [2.45, 2.75) is 23.2 Å². The van der Waals surface area contributed by atoms with E-state index >= 15 is 0 Å². The summed E-state index contributed by atoms with van der Waals surface area (Å²) in [6, 6.07) is 11.0. The van der Waals surface area contributed by atoms with Crippen LogP contribution in [0.15, 0.2) is 52.4 Å². The van der Waals surface area contributed by atoms with Crippen LogP contribution in [0.5, 0.6) is 0 Å². The highest BCUT2D eigenvalue weighted by Gasteiger charge is 2.33. The second-order valence-electron chi connectivity index (χ2n) is 6.50. The van der Waals surface area contributed by atoms with Crippen LogP contribution in [-0.4, -0.2) is 15.9 Å². The van der Waals surface area contributed by atoms with Gasteiger partial charge in [0.1, 0.15) is 5.82 Å². The lowest BCUT2D eigenvalue weighted by molar-refractivity contribution is -0.116. The highest BCUT2D eigenvalue weighted by Crippen LogP contribution is 2.36. The van der Waals surface area contributed by atoms with Crippen molar-refractivity contribution in [1.82, 2.24) is 9.97 Å². The third kappa shape index (κ3) is 4.04. The maximum Gasteiger partial charge on any atom is 0.257 e. The topological polar surface area (TPSA) is 74.8 Å². The third-order valence-electron chi connectivity index (χ3n) is 4.55. The smallest absolute Gasteiger partial charge is 0.257 e. The van der Waals surface area contributed by atoms with E-state index < -0.39 is 29.0 Å². The lowest BCUT2D eigenvalue weighted by atomic mass is 9.86. The number of anilines is 1. The molecule has 5 nitrogen and oxygen atoms in total. The van der Waals surface area contributed by atoms with Crippen molar-refractivity contribution in [3.63, 3.8) is 0 Å². The lowest BCUT2D eigenvalue weighted by Gasteiger charge is -2.24. The minimum Gasteiger partial charge on any atom is -0.310 e. The maximum absolute atomic E-state index is 14.3. The first-order valence-corrected chi connectivity index (χ1v) is 10.0. The van der Waals surface area contributed by atoms with Crippen molar-refractivity contribution in [3.05, 3.63) is 86.2 Å². The summed E-state index contributed by atoms with van der Waals surface area (Å²) in [4.78, 5) is 31.9. The largest absolute Gasteiger partial charge is 0.310 e. The monoisotopic (exact) mass is 433 g/mol. The number of thioether (sulfide) groups is 1. The molecule has 0 spiro atoms. The van der Waals surface area contributed by atoms with Gasteiger partial charge in [-0.2, -0.15) is 0 Å². The zero-order valence-corrected chi connectivity index (χ0v) is 16.4. The number of halogens is 3. The number of hydrogen-bond donors (Lipinski definition) is 2. The van der Waals surface area contributed by atoms with Crippen LogP contribution in [0.3, 0.4) is 0 Å². The molecule has 0 radical (unpaired) electrons. The number of nitrogens with one attached hydrogen (secondary N) is 2. The molecule has 0 bridgehead atoms. The standard InChI is InChI=1S/C20H14ClF2N3O2S/c21-11-4-1-3-10(7-11)9-29-20-25-18-16(19(28)26-20)13(8-15(27)24-18)12-5-2-6-14(22)17(12)23/h1-7,13H,8-9H2,(H2,24,25,26,27,28). The SMILES string of the molecule is O=C1CC(c2cccc(F)c2F)c2c(nc(SCc3cccc(Cl)c3)[nH]c2=O)N1. The molecular weight excluding hydrogens is 420 g/mol. The Morgan fingerprint density at radius 1 is 1.17 bits per heavy atom. The predicted molar refractivity (Wildman–Crippen MR) is 107 cm³/mol. The molecule has 1 aliphatic heterocycles. The number of carbonyl (C=O) groups excluding carboxylic acids is 1. The number of benzene rings is 2. The van der Waals surface area contributed by atoms with Crippen molar-refractivity contribution in [2.24, 2.45) is 0 Å². The second kappa shape index (κ2) is 7.96. The summed E-state index contributed by atoms with van der Waals surface area (Å²) in [6.07, 6.45) is -0.173. The number of H-pyrrole nitrogens is 1. The van der Waals surface area contributed by atoms with Crippen molar-refractivity contribution >= 4 is 35.1 Å². The molecule has 0 saturated heterocycles. The van der Waals surface area contributed by atoms with Crippen LogP contribution in [0.4, 0.5) is 14.6 Å². The van der Waals surface area contributed by atoms with Gasteiger partial charge in [0.2, 0.25) is 5.91 Å². The Balaban J connectivity index is 1.69. The number of amides is 1. The fraction of sp³-hybridized carbons (Fsp3) is 0.150. The van der Waals surface area contributed by atoms with E-state index in [1.54, 1.807) is 12.1 Å². The van der Waals surface area contributed by atoms with Crippen molar-refractivity contribution in [3.8, 4) is 0 Å². The van der Waals surface area contributed by atoms with E-state index in [9.17, 15) is 18.4 Å². The Bertz CT molecular complexity index is 1170. The van der Waals surface area contributed by atoms with E-state index in [0.29, 0.717) is 15.9 Å². The second-order valence-corrected chi connectivity index (χ2v) is 7.90. The highest BCUT2D eigenvalue weighted by molar-refractivity contribution is 7.98. The Morgan fingerprint density at radius 2 is 1.97 bits per heavy atom. The number of hydrogen-bond acceptors (Lipinski definition) is 4. The maximum atomic E-state index is 14.3. The molecule has 9 heteroatoms. The van der Waals surface area contributed by atoms with E-state index in [4.69, 9.17) is 11.6 Å². The van der Waals surface area contributed by atoms with Crippen LogP contribution < -0.4 is 10.9 Å². The Kier molecular flexibility index (Phi) is 5.38. The van der Waals surface area contributed by atoms with Gasteiger partial charge in [0, 0.05) is 23.1 Å². The number of aromatic nitrogens is 2. The van der Waals surface area contributed by atoms with E-state index in [1.807, 2.05) is 12.1 Å². The molecule has 148 valence electrons. The number of fused-ring (bicyclic) bond motifs is 1. The molecule has 2 aromatic carbocycles. The van der Waals surface area contributed by atoms with Crippen LogP contribution >= 0.6 is 23.4 Å². The van der Waals surface area contributed by atoms with E-state index in [1.165, 1.54) is 23.9 Å². The quantitative estimate of drug-likeness (QED) is 0.470. The first kappa shape index (κ1) is 19.6. The number of rotatable bonds is 4. The normalized spacial score (nSPS) is 15.7. The zero-order chi connectivity index (χ0) is 20.5. The zero-order valence-electron chi connectivity index (χ0n) is 14.8. The fourth-order valence-corrected chi connectivity index (χ4v) is 4.27. The van der Waals surface area contributed by atoms with Crippen molar-refractivity contribution < 1.29 is 13.6 Å². The molecule has 29 heavy (non-hydrogen) atoms. The van der Waals surface area contributed by atoms with Gasteiger partial charge in [0.15, 0.2) is 16.8 Å². The first-order valence-electron chi connectivity index (χ1n) is 8.67. The van der Waals surface area contributed by atoms with Crippen LogP contribution in [0.1, 0.15) is 29.0 Å². The molecule has 4 rings (SSSR count). The third-order valence-corrected chi connectivity index (χ3v) is 5.73. The Hall–Kier alpha value is -2.71. The van der Waals surface area contributed by atoms with E-state index in [0.717, 1.165) is 11.6 Å². The van der Waals surface area contributed by atoms with Crippen molar-refractivity contribution in [2.75, 3.05) is 5.32 Å². The van der Waals surface area contributed by atoms with Gasteiger partial charge < -0.3 is 10.3 Å². The number of aromatic amines is 1. The average molecular weight is 434 g/mol. The van der Waals surface area contributed by atoms with Gasteiger partial charge in [-0.3, -0.25) is 9.59 Å².